The molecule has 0 fully saturated rings. The summed E-state index contributed by atoms with van der Waals surface area (Å²) in [6, 6.07) is 19.1. The number of nitrogens with one attached hydrogen (secondary N) is 1. The SMILES string of the molecule is CC[C@H](C(=O)NC(C)C)N(CCc1ccccc1)C(=O)CN(c1ccc(Cl)cc1)S(=O)(=O)c1ccc(OC)c(OC)c1. The van der Waals surface area contributed by atoms with E-state index in [1.54, 1.807) is 12.1 Å². The molecule has 226 valence electrons. The van der Waals surface area contributed by atoms with Crippen LogP contribution in [-0.4, -0.2) is 64.5 Å². The van der Waals surface area contributed by atoms with E-state index in [1.807, 2.05) is 51.1 Å². The molecule has 3 rings (SSSR count). The van der Waals surface area contributed by atoms with E-state index < -0.39 is 28.5 Å². The van der Waals surface area contributed by atoms with Crippen molar-refractivity contribution in [2.75, 3.05) is 31.6 Å². The fourth-order valence-corrected chi connectivity index (χ4v) is 6.07. The van der Waals surface area contributed by atoms with Crippen molar-refractivity contribution in [2.24, 2.45) is 0 Å². The van der Waals surface area contributed by atoms with Gasteiger partial charge < -0.3 is 19.7 Å². The fraction of sp³-hybridized carbons (Fsp3) is 0.355. The Morgan fingerprint density at radius 1 is 0.929 bits per heavy atom. The van der Waals surface area contributed by atoms with Gasteiger partial charge in [-0.15, -0.1) is 0 Å². The molecule has 9 nitrogen and oxygen atoms in total. The molecule has 0 saturated heterocycles. The van der Waals surface area contributed by atoms with Gasteiger partial charge in [-0.05, 0) is 68.7 Å². The molecular formula is C31H38ClN3O6S. The lowest BCUT2D eigenvalue weighted by Gasteiger charge is -2.33. The van der Waals surface area contributed by atoms with E-state index in [0.29, 0.717) is 23.6 Å². The van der Waals surface area contributed by atoms with Crippen molar-refractivity contribution in [3.63, 3.8) is 0 Å². The highest BCUT2D eigenvalue weighted by atomic mass is 35.5. The molecule has 3 aromatic rings. The maximum Gasteiger partial charge on any atom is 0.264 e. The lowest BCUT2D eigenvalue weighted by atomic mass is 10.1. The standard InChI is InChI=1S/C31H38ClN3O6S/c1-6-27(31(37)33-22(2)3)34(19-18-23-10-8-7-9-11-23)30(36)21-35(25-14-12-24(32)13-15-25)42(38,39)26-16-17-28(40-4)29(20-26)41-5/h7-17,20,22,27H,6,18-19,21H2,1-5H3,(H,33,37)/t27-/m1/s1. The Balaban J connectivity index is 2.05. The predicted octanol–water partition coefficient (Wildman–Crippen LogP) is 4.93. The number of amides is 2. The fourth-order valence-electron chi connectivity index (χ4n) is 4.52. The second kappa shape index (κ2) is 14.9. The van der Waals surface area contributed by atoms with Gasteiger partial charge in [-0.25, -0.2) is 8.42 Å². The van der Waals surface area contributed by atoms with Gasteiger partial charge in [0.25, 0.3) is 10.0 Å². The van der Waals surface area contributed by atoms with E-state index in [4.69, 9.17) is 21.1 Å². The average molecular weight is 616 g/mol. The Morgan fingerprint density at radius 2 is 1.57 bits per heavy atom. The molecule has 0 radical (unpaired) electrons. The Bertz CT molecular complexity index is 1450. The van der Waals surface area contributed by atoms with Crippen LogP contribution < -0.4 is 19.1 Å². The second-order valence-electron chi connectivity index (χ2n) is 9.91. The summed E-state index contributed by atoms with van der Waals surface area (Å²) >= 11 is 6.09. The minimum absolute atomic E-state index is 0.0941. The van der Waals surface area contributed by atoms with Gasteiger partial charge in [0, 0.05) is 23.7 Å². The maximum atomic E-state index is 14.1. The summed E-state index contributed by atoms with van der Waals surface area (Å²) in [4.78, 5) is 28.7. The molecule has 11 heteroatoms. The number of benzene rings is 3. The Labute approximate surface area is 253 Å². The number of carbonyl (C=O) groups is 2. The van der Waals surface area contributed by atoms with Crippen LogP contribution in [0, 0.1) is 0 Å². The number of methoxy groups -OCH3 is 2. The molecule has 0 spiro atoms. The minimum atomic E-state index is -4.29. The Hall–Kier alpha value is -3.76. The van der Waals surface area contributed by atoms with Crippen LogP contribution in [0.25, 0.3) is 0 Å². The molecule has 0 aliphatic heterocycles. The summed E-state index contributed by atoms with van der Waals surface area (Å²) in [6.45, 7) is 5.19. The number of ether oxygens (including phenoxy) is 2. The van der Waals surface area contributed by atoms with Crippen LogP contribution in [0.2, 0.25) is 5.02 Å². The first-order valence-corrected chi connectivity index (χ1v) is 15.5. The van der Waals surface area contributed by atoms with E-state index in [2.05, 4.69) is 5.32 Å². The van der Waals surface area contributed by atoms with E-state index >= 15 is 0 Å². The lowest BCUT2D eigenvalue weighted by molar-refractivity contribution is -0.139. The summed E-state index contributed by atoms with van der Waals surface area (Å²) in [7, 11) is -1.42. The van der Waals surface area contributed by atoms with Gasteiger partial charge in [0.15, 0.2) is 11.5 Å². The summed E-state index contributed by atoms with van der Waals surface area (Å²) < 4.78 is 39.8. The van der Waals surface area contributed by atoms with Crippen molar-refractivity contribution in [3.8, 4) is 11.5 Å². The summed E-state index contributed by atoms with van der Waals surface area (Å²) in [5, 5.41) is 3.30. The van der Waals surface area contributed by atoms with E-state index in [1.165, 1.54) is 49.5 Å². The minimum Gasteiger partial charge on any atom is -0.493 e. The number of sulfonamides is 1. The molecule has 0 unspecified atom stereocenters. The van der Waals surface area contributed by atoms with E-state index in [9.17, 15) is 18.0 Å². The largest absolute Gasteiger partial charge is 0.493 e. The summed E-state index contributed by atoms with van der Waals surface area (Å²) in [5.74, 6) is -0.230. The molecule has 0 heterocycles. The zero-order valence-corrected chi connectivity index (χ0v) is 26.1. The molecule has 1 atom stereocenters. The van der Waals surface area contributed by atoms with E-state index in [-0.39, 0.29) is 34.8 Å². The van der Waals surface area contributed by atoms with Crippen LogP contribution in [0.15, 0.2) is 77.7 Å². The Morgan fingerprint density at radius 3 is 2.14 bits per heavy atom. The van der Waals surface area contributed by atoms with Crippen LogP contribution in [0.4, 0.5) is 5.69 Å². The quantitative estimate of drug-likeness (QED) is 0.276. The molecule has 42 heavy (non-hydrogen) atoms. The van der Waals surface area contributed by atoms with Crippen molar-refractivity contribution in [1.29, 1.82) is 0 Å². The molecule has 0 aromatic heterocycles. The first-order chi connectivity index (χ1) is 20.0. The molecule has 0 aliphatic carbocycles. The molecule has 0 bridgehead atoms. The highest BCUT2D eigenvalue weighted by Gasteiger charge is 2.34. The van der Waals surface area contributed by atoms with Crippen molar-refractivity contribution in [1.82, 2.24) is 10.2 Å². The molecule has 0 aliphatic rings. The highest BCUT2D eigenvalue weighted by Crippen LogP contribution is 2.32. The molecule has 2 amide bonds. The highest BCUT2D eigenvalue weighted by molar-refractivity contribution is 7.92. The number of anilines is 1. The van der Waals surface area contributed by atoms with Gasteiger partial charge in [-0.3, -0.25) is 13.9 Å². The number of nitrogens with zero attached hydrogens (tertiary/aromatic N) is 2. The molecular weight excluding hydrogens is 578 g/mol. The smallest absolute Gasteiger partial charge is 0.264 e. The third-order valence-corrected chi connectivity index (χ3v) is 8.66. The van der Waals surface area contributed by atoms with Gasteiger partial charge in [0.1, 0.15) is 12.6 Å². The molecule has 1 N–H and O–H groups in total. The van der Waals surface area contributed by atoms with Gasteiger partial charge in [-0.2, -0.15) is 0 Å². The van der Waals surface area contributed by atoms with Crippen LogP contribution in [0.3, 0.4) is 0 Å². The first kappa shape index (κ1) is 32.8. The maximum absolute atomic E-state index is 14.1. The van der Waals surface area contributed by atoms with Gasteiger partial charge in [-0.1, -0.05) is 48.9 Å². The van der Waals surface area contributed by atoms with Crippen LogP contribution in [-0.2, 0) is 26.0 Å². The van der Waals surface area contributed by atoms with Crippen molar-refractivity contribution in [2.45, 2.75) is 50.6 Å². The zero-order chi connectivity index (χ0) is 30.9. The summed E-state index contributed by atoms with van der Waals surface area (Å²) in [5.41, 5.74) is 1.23. The number of hydrogen-bond acceptors (Lipinski definition) is 6. The number of carbonyl (C=O) groups excluding carboxylic acids is 2. The molecule has 3 aromatic carbocycles. The number of hydrogen-bond donors (Lipinski definition) is 1. The third-order valence-electron chi connectivity index (χ3n) is 6.64. The number of rotatable bonds is 14. The van der Waals surface area contributed by atoms with Crippen LogP contribution in [0.5, 0.6) is 11.5 Å². The average Bonchev–Trinajstić information content (AvgIpc) is 2.98. The predicted molar refractivity (Wildman–Crippen MR) is 165 cm³/mol. The van der Waals surface area contributed by atoms with Crippen molar-refractivity contribution < 1.29 is 27.5 Å². The van der Waals surface area contributed by atoms with Crippen molar-refractivity contribution >= 4 is 39.1 Å². The second-order valence-corrected chi connectivity index (χ2v) is 12.2. The van der Waals surface area contributed by atoms with Gasteiger partial charge >= 0.3 is 0 Å². The monoisotopic (exact) mass is 615 g/mol. The zero-order valence-electron chi connectivity index (χ0n) is 24.5. The van der Waals surface area contributed by atoms with Gasteiger partial charge in [0.2, 0.25) is 11.8 Å². The Kier molecular flexibility index (Phi) is 11.6. The van der Waals surface area contributed by atoms with Crippen molar-refractivity contribution in [3.05, 3.63) is 83.4 Å². The van der Waals surface area contributed by atoms with E-state index in [0.717, 1.165) is 9.87 Å². The summed E-state index contributed by atoms with van der Waals surface area (Å²) in [6.07, 6.45) is 0.837. The lowest BCUT2D eigenvalue weighted by Crippen LogP contribution is -2.54. The topological polar surface area (TPSA) is 105 Å². The van der Waals surface area contributed by atoms with Gasteiger partial charge in [0.05, 0.1) is 24.8 Å². The first-order valence-electron chi connectivity index (χ1n) is 13.7. The van der Waals surface area contributed by atoms with Crippen LogP contribution in [0.1, 0.15) is 32.8 Å². The molecule has 0 saturated carbocycles. The third kappa shape index (κ3) is 8.17. The normalized spacial score (nSPS) is 12.0. The number of halogens is 1. The van der Waals surface area contributed by atoms with Crippen LogP contribution >= 0.6 is 11.6 Å².